The molecule has 86 valence electrons. The monoisotopic (exact) mass is 228 g/mol. The number of aromatic nitrogens is 2. The van der Waals surface area contributed by atoms with E-state index in [0.29, 0.717) is 0 Å². The van der Waals surface area contributed by atoms with Crippen LogP contribution >= 0.6 is 11.5 Å². The summed E-state index contributed by atoms with van der Waals surface area (Å²) in [5.74, 6) is 0.841. The molecule has 0 aliphatic heterocycles. The van der Waals surface area contributed by atoms with Gasteiger partial charge in [0, 0.05) is 24.6 Å². The summed E-state index contributed by atoms with van der Waals surface area (Å²) in [5, 5.41) is 4.25. The number of nitrogens with zero attached hydrogens (tertiary/aromatic N) is 3. The summed E-state index contributed by atoms with van der Waals surface area (Å²) >= 11 is 1.42. The number of rotatable bonds is 5. The van der Waals surface area contributed by atoms with Crippen LogP contribution in [-0.2, 0) is 0 Å². The molecule has 0 unspecified atom stereocenters. The van der Waals surface area contributed by atoms with Crippen LogP contribution in [0.15, 0.2) is 0 Å². The van der Waals surface area contributed by atoms with E-state index in [4.69, 9.17) is 0 Å². The van der Waals surface area contributed by atoms with E-state index < -0.39 is 0 Å². The van der Waals surface area contributed by atoms with Crippen LogP contribution in [0.2, 0.25) is 0 Å². The Balaban J connectivity index is 2.42. The lowest BCUT2D eigenvalue weighted by atomic mass is 9.93. The highest BCUT2D eigenvalue weighted by atomic mass is 32.1. The second-order valence-electron chi connectivity index (χ2n) is 4.90. The fourth-order valence-electron chi connectivity index (χ4n) is 1.60. The van der Waals surface area contributed by atoms with Crippen LogP contribution in [0.5, 0.6) is 0 Å². The Hall–Kier alpha value is -0.680. The molecule has 0 bridgehead atoms. The lowest BCUT2D eigenvalue weighted by Gasteiger charge is -2.28. The van der Waals surface area contributed by atoms with Gasteiger partial charge in [0.25, 0.3) is 0 Å². The third-order valence-electron chi connectivity index (χ3n) is 1.99. The maximum absolute atomic E-state index is 4.28. The SMILES string of the molecule is Cc1nsc(NCC(C)(C)CN(C)C)n1. The van der Waals surface area contributed by atoms with Crippen LogP contribution in [0.3, 0.4) is 0 Å². The van der Waals surface area contributed by atoms with Crippen molar-refractivity contribution in [2.24, 2.45) is 5.41 Å². The standard InChI is InChI=1S/C10H20N4S/c1-8-12-9(15-13-8)11-6-10(2,3)7-14(4)5/h6-7H2,1-5H3,(H,11,12,13). The van der Waals surface area contributed by atoms with Gasteiger partial charge >= 0.3 is 0 Å². The predicted molar refractivity (Wildman–Crippen MR) is 65.5 cm³/mol. The minimum absolute atomic E-state index is 0.239. The fraction of sp³-hybridized carbons (Fsp3) is 0.800. The highest BCUT2D eigenvalue weighted by molar-refractivity contribution is 7.09. The molecule has 1 aromatic heterocycles. The van der Waals surface area contributed by atoms with Gasteiger partial charge in [-0.1, -0.05) is 13.8 Å². The molecule has 0 saturated heterocycles. The molecule has 0 saturated carbocycles. The van der Waals surface area contributed by atoms with Crippen LogP contribution in [0, 0.1) is 12.3 Å². The third-order valence-corrected chi connectivity index (χ3v) is 2.75. The smallest absolute Gasteiger partial charge is 0.202 e. The zero-order valence-corrected chi connectivity index (χ0v) is 11.0. The molecular weight excluding hydrogens is 208 g/mol. The van der Waals surface area contributed by atoms with E-state index in [-0.39, 0.29) is 5.41 Å². The Labute approximate surface area is 95.9 Å². The Morgan fingerprint density at radius 1 is 1.40 bits per heavy atom. The Kier molecular flexibility index (Phi) is 4.04. The van der Waals surface area contributed by atoms with Crippen LogP contribution in [0.1, 0.15) is 19.7 Å². The average molecular weight is 228 g/mol. The maximum atomic E-state index is 4.28. The Morgan fingerprint density at radius 2 is 2.07 bits per heavy atom. The molecule has 0 spiro atoms. The molecule has 0 aliphatic carbocycles. The highest BCUT2D eigenvalue weighted by Crippen LogP contribution is 2.18. The summed E-state index contributed by atoms with van der Waals surface area (Å²) in [7, 11) is 4.19. The summed E-state index contributed by atoms with van der Waals surface area (Å²) in [5.41, 5.74) is 0.239. The van der Waals surface area contributed by atoms with Crippen molar-refractivity contribution in [1.29, 1.82) is 0 Å². The van der Waals surface area contributed by atoms with Crippen LogP contribution in [-0.4, -0.2) is 41.4 Å². The van der Waals surface area contributed by atoms with Gasteiger partial charge in [-0.15, -0.1) is 0 Å². The first-order valence-electron chi connectivity index (χ1n) is 5.08. The van der Waals surface area contributed by atoms with Gasteiger partial charge in [-0.25, -0.2) is 4.98 Å². The summed E-state index contributed by atoms with van der Waals surface area (Å²) < 4.78 is 4.14. The molecule has 0 aromatic carbocycles. The van der Waals surface area contributed by atoms with E-state index in [2.05, 4.69) is 47.5 Å². The van der Waals surface area contributed by atoms with E-state index >= 15 is 0 Å². The van der Waals surface area contributed by atoms with Gasteiger partial charge in [0.2, 0.25) is 5.13 Å². The summed E-state index contributed by atoms with van der Waals surface area (Å²) in [4.78, 5) is 6.48. The van der Waals surface area contributed by atoms with Crippen molar-refractivity contribution in [3.63, 3.8) is 0 Å². The van der Waals surface area contributed by atoms with Crippen molar-refractivity contribution in [2.45, 2.75) is 20.8 Å². The molecule has 15 heavy (non-hydrogen) atoms. The average Bonchev–Trinajstić information content (AvgIpc) is 2.46. The van der Waals surface area contributed by atoms with E-state index in [9.17, 15) is 0 Å². The van der Waals surface area contributed by atoms with Gasteiger partial charge < -0.3 is 10.2 Å². The number of hydrogen-bond acceptors (Lipinski definition) is 5. The quantitative estimate of drug-likeness (QED) is 0.835. The minimum atomic E-state index is 0.239. The predicted octanol–water partition coefficient (Wildman–Crippen LogP) is 1.85. The zero-order chi connectivity index (χ0) is 11.5. The minimum Gasteiger partial charge on any atom is -0.360 e. The number of anilines is 1. The molecule has 0 fully saturated rings. The maximum Gasteiger partial charge on any atom is 0.202 e. The highest BCUT2D eigenvalue weighted by Gasteiger charge is 2.19. The first-order valence-corrected chi connectivity index (χ1v) is 5.85. The van der Waals surface area contributed by atoms with Crippen molar-refractivity contribution in [3.8, 4) is 0 Å². The van der Waals surface area contributed by atoms with Crippen LogP contribution < -0.4 is 5.32 Å². The van der Waals surface area contributed by atoms with Crippen LogP contribution in [0.4, 0.5) is 5.13 Å². The van der Waals surface area contributed by atoms with Gasteiger partial charge in [-0.2, -0.15) is 4.37 Å². The second kappa shape index (κ2) is 4.90. The van der Waals surface area contributed by atoms with Crippen molar-refractivity contribution in [1.82, 2.24) is 14.3 Å². The topological polar surface area (TPSA) is 41.1 Å². The van der Waals surface area contributed by atoms with Gasteiger partial charge in [0.15, 0.2) is 0 Å². The van der Waals surface area contributed by atoms with E-state index in [1.54, 1.807) is 0 Å². The van der Waals surface area contributed by atoms with Crippen molar-refractivity contribution in [3.05, 3.63) is 5.82 Å². The molecule has 5 heteroatoms. The molecular formula is C10H20N4S. The second-order valence-corrected chi connectivity index (χ2v) is 5.65. The van der Waals surface area contributed by atoms with E-state index in [1.807, 2.05) is 6.92 Å². The zero-order valence-electron chi connectivity index (χ0n) is 10.2. The normalized spacial score (nSPS) is 12.1. The third kappa shape index (κ3) is 4.57. The fourth-order valence-corrected chi connectivity index (χ4v) is 2.16. The Bertz CT molecular complexity index is 306. The first-order chi connectivity index (χ1) is 6.89. The lowest BCUT2D eigenvalue weighted by Crippen LogP contribution is -2.34. The summed E-state index contributed by atoms with van der Waals surface area (Å²) in [6.07, 6.45) is 0. The molecule has 0 amide bonds. The molecule has 0 atom stereocenters. The molecule has 4 nitrogen and oxygen atoms in total. The van der Waals surface area contributed by atoms with E-state index in [1.165, 1.54) is 11.5 Å². The largest absolute Gasteiger partial charge is 0.360 e. The summed E-state index contributed by atoms with van der Waals surface area (Å²) in [6, 6.07) is 0. The molecule has 1 heterocycles. The summed E-state index contributed by atoms with van der Waals surface area (Å²) in [6.45, 7) is 8.37. The van der Waals surface area contributed by atoms with Gasteiger partial charge in [0.05, 0.1) is 0 Å². The molecule has 0 radical (unpaired) electrons. The van der Waals surface area contributed by atoms with Gasteiger partial charge in [0.1, 0.15) is 5.82 Å². The molecule has 1 rings (SSSR count). The molecule has 1 aromatic rings. The van der Waals surface area contributed by atoms with Crippen molar-refractivity contribution >= 4 is 16.7 Å². The van der Waals surface area contributed by atoms with Crippen molar-refractivity contribution in [2.75, 3.05) is 32.5 Å². The van der Waals surface area contributed by atoms with Crippen LogP contribution in [0.25, 0.3) is 0 Å². The number of nitrogens with one attached hydrogen (secondary N) is 1. The van der Waals surface area contributed by atoms with Gasteiger partial charge in [-0.3, -0.25) is 0 Å². The van der Waals surface area contributed by atoms with E-state index in [0.717, 1.165) is 24.0 Å². The molecule has 1 N–H and O–H groups in total. The number of aryl methyl sites for hydroxylation is 1. The Morgan fingerprint density at radius 3 is 2.53 bits per heavy atom. The lowest BCUT2D eigenvalue weighted by molar-refractivity contribution is 0.254. The van der Waals surface area contributed by atoms with Gasteiger partial charge in [-0.05, 0) is 26.4 Å². The molecule has 0 aliphatic rings. The van der Waals surface area contributed by atoms with Crippen molar-refractivity contribution < 1.29 is 0 Å². The number of hydrogen-bond donors (Lipinski definition) is 1. The first kappa shape index (κ1) is 12.4.